The van der Waals surface area contributed by atoms with E-state index in [-0.39, 0.29) is 0 Å². The van der Waals surface area contributed by atoms with Crippen LogP contribution < -0.4 is 0 Å². The van der Waals surface area contributed by atoms with Gasteiger partial charge in [0.15, 0.2) is 5.65 Å². The minimum Gasteiger partial charge on any atom is -0.303 e. The van der Waals surface area contributed by atoms with E-state index in [4.69, 9.17) is 5.10 Å². The Morgan fingerprint density at radius 3 is 2.79 bits per heavy atom. The summed E-state index contributed by atoms with van der Waals surface area (Å²) >= 11 is 0. The quantitative estimate of drug-likeness (QED) is 0.742. The van der Waals surface area contributed by atoms with Crippen molar-refractivity contribution in [3.05, 3.63) is 48.2 Å². The van der Waals surface area contributed by atoms with Gasteiger partial charge in [-0.15, -0.1) is 0 Å². The fraction of sp³-hybridized carbons (Fsp3) is 0.421. The number of rotatable bonds is 3. The molecule has 4 rings (SSSR count). The topological polar surface area (TPSA) is 46.3 Å². The lowest BCUT2D eigenvalue weighted by molar-refractivity contribution is 0.215. The van der Waals surface area contributed by atoms with E-state index >= 15 is 0 Å². The van der Waals surface area contributed by atoms with Gasteiger partial charge in [0.1, 0.15) is 0 Å². The number of pyridine rings is 1. The number of hydrogen-bond acceptors (Lipinski definition) is 4. The molecule has 1 saturated heterocycles. The van der Waals surface area contributed by atoms with Crippen LogP contribution in [0.3, 0.4) is 0 Å². The monoisotopic (exact) mass is 321 g/mol. The van der Waals surface area contributed by atoms with Crippen molar-refractivity contribution in [1.29, 1.82) is 0 Å². The molecule has 0 saturated carbocycles. The van der Waals surface area contributed by atoms with E-state index in [0.29, 0.717) is 5.92 Å². The molecular formula is C19H23N5. The highest BCUT2D eigenvalue weighted by Crippen LogP contribution is 2.31. The highest BCUT2D eigenvalue weighted by molar-refractivity contribution is 5.79. The van der Waals surface area contributed by atoms with E-state index in [1.807, 2.05) is 30.7 Å². The van der Waals surface area contributed by atoms with Gasteiger partial charge < -0.3 is 4.90 Å². The molecular weight excluding hydrogens is 298 g/mol. The molecule has 3 aromatic rings. The minimum absolute atomic E-state index is 0.522. The number of fused-ring (bicyclic) bond motifs is 1. The van der Waals surface area contributed by atoms with Gasteiger partial charge in [0.05, 0.1) is 11.4 Å². The molecule has 0 N–H and O–H groups in total. The van der Waals surface area contributed by atoms with Crippen LogP contribution in [0.1, 0.15) is 37.1 Å². The summed E-state index contributed by atoms with van der Waals surface area (Å²) in [7, 11) is 0. The maximum absolute atomic E-state index is 4.83. The van der Waals surface area contributed by atoms with Crippen molar-refractivity contribution in [2.24, 2.45) is 0 Å². The van der Waals surface area contributed by atoms with Crippen LogP contribution in [0.5, 0.6) is 0 Å². The first-order valence-electron chi connectivity index (χ1n) is 8.75. The van der Waals surface area contributed by atoms with Crippen molar-refractivity contribution in [2.75, 3.05) is 19.6 Å². The molecule has 124 valence electrons. The zero-order valence-corrected chi connectivity index (χ0v) is 14.3. The third kappa shape index (κ3) is 2.59. The largest absolute Gasteiger partial charge is 0.303 e. The van der Waals surface area contributed by atoms with Gasteiger partial charge in [-0.3, -0.25) is 4.98 Å². The number of likely N-dealkylation sites (tertiary alicyclic amines) is 1. The first kappa shape index (κ1) is 15.3. The average Bonchev–Trinajstić information content (AvgIpc) is 2.98. The van der Waals surface area contributed by atoms with E-state index in [0.717, 1.165) is 35.6 Å². The van der Waals surface area contributed by atoms with Crippen LogP contribution in [0.4, 0.5) is 0 Å². The van der Waals surface area contributed by atoms with Crippen molar-refractivity contribution >= 4 is 5.65 Å². The molecule has 5 nitrogen and oxygen atoms in total. The SMILES string of the molecule is CCN1CCCC(c2ccnc3c(-c4ccncc4)c(C)nn23)C1. The fourth-order valence-corrected chi connectivity index (χ4v) is 3.82. The first-order valence-corrected chi connectivity index (χ1v) is 8.75. The summed E-state index contributed by atoms with van der Waals surface area (Å²) in [4.78, 5) is 11.3. The van der Waals surface area contributed by atoms with Gasteiger partial charge in [0.25, 0.3) is 0 Å². The number of nitrogens with zero attached hydrogens (tertiary/aromatic N) is 5. The van der Waals surface area contributed by atoms with Gasteiger partial charge in [-0.1, -0.05) is 6.92 Å². The van der Waals surface area contributed by atoms with E-state index in [2.05, 4.69) is 39.3 Å². The van der Waals surface area contributed by atoms with Crippen molar-refractivity contribution in [3.8, 4) is 11.1 Å². The van der Waals surface area contributed by atoms with E-state index in [1.165, 1.54) is 25.1 Å². The molecule has 0 bridgehead atoms. The van der Waals surface area contributed by atoms with Gasteiger partial charge in [-0.25, -0.2) is 9.50 Å². The Bertz CT molecular complexity index is 840. The first-order chi connectivity index (χ1) is 11.8. The molecule has 0 aliphatic carbocycles. The molecule has 0 spiro atoms. The number of aryl methyl sites for hydroxylation is 1. The van der Waals surface area contributed by atoms with Crippen molar-refractivity contribution < 1.29 is 0 Å². The molecule has 1 fully saturated rings. The summed E-state index contributed by atoms with van der Waals surface area (Å²) in [5.74, 6) is 0.522. The smallest absolute Gasteiger partial charge is 0.163 e. The molecule has 5 heteroatoms. The Morgan fingerprint density at radius 1 is 1.17 bits per heavy atom. The zero-order valence-electron chi connectivity index (χ0n) is 14.3. The molecule has 3 aromatic heterocycles. The maximum atomic E-state index is 4.83. The van der Waals surface area contributed by atoms with Gasteiger partial charge >= 0.3 is 0 Å². The number of hydrogen-bond donors (Lipinski definition) is 0. The van der Waals surface area contributed by atoms with Crippen LogP contribution in [0.25, 0.3) is 16.8 Å². The molecule has 24 heavy (non-hydrogen) atoms. The summed E-state index contributed by atoms with van der Waals surface area (Å²) in [6, 6.07) is 6.19. The Kier molecular flexibility index (Phi) is 4.02. The normalized spacial score (nSPS) is 19.0. The lowest BCUT2D eigenvalue weighted by atomic mass is 9.94. The second kappa shape index (κ2) is 6.32. The van der Waals surface area contributed by atoms with E-state index in [1.54, 1.807) is 0 Å². The molecule has 0 aromatic carbocycles. The zero-order chi connectivity index (χ0) is 16.5. The second-order valence-electron chi connectivity index (χ2n) is 6.53. The van der Waals surface area contributed by atoms with E-state index in [9.17, 15) is 0 Å². The fourth-order valence-electron chi connectivity index (χ4n) is 3.82. The van der Waals surface area contributed by atoms with Crippen molar-refractivity contribution in [3.63, 3.8) is 0 Å². The van der Waals surface area contributed by atoms with Crippen LogP contribution in [-0.4, -0.2) is 44.1 Å². The highest BCUT2D eigenvalue weighted by Gasteiger charge is 2.24. The lowest BCUT2D eigenvalue weighted by Gasteiger charge is -2.32. The molecule has 0 amide bonds. The van der Waals surface area contributed by atoms with Gasteiger partial charge in [0, 0.05) is 36.6 Å². The Balaban J connectivity index is 1.82. The third-order valence-corrected chi connectivity index (χ3v) is 5.06. The molecule has 0 radical (unpaired) electrons. The Morgan fingerprint density at radius 2 is 2.00 bits per heavy atom. The molecule has 4 heterocycles. The summed E-state index contributed by atoms with van der Waals surface area (Å²) in [6.45, 7) is 7.74. The molecule has 1 unspecified atom stereocenters. The maximum Gasteiger partial charge on any atom is 0.163 e. The minimum atomic E-state index is 0.522. The van der Waals surface area contributed by atoms with Crippen LogP contribution in [0.2, 0.25) is 0 Å². The number of piperidine rings is 1. The second-order valence-corrected chi connectivity index (χ2v) is 6.53. The summed E-state index contributed by atoms with van der Waals surface area (Å²) in [5.41, 5.74) is 5.49. The van der Waals surface area contributed by atoms with Crippen LogP contribution in [0, 0.1) is 6.92 Å². The standard InChI is InChI=1S/C19H23N5/c1-3-23-12-4-5-16(13-23)17-8-11-21-19-18(14(2)22-24(17)19)15-6-9-20-10-7-15/h6-11,16H,3-5,12-13H2,1-2H3. The van der Waals surface area contributed by atoms with Gasteiger partial charge in [-0.2, -0.15) is 5.10 Å². The predicted molar refractivity (Wildman–Crippen MR) is 95.0 cm³/mol. The van der Waals surface area contributed by atoms with Gasteiger partial charge in [0.2, 0.25) is 0 Å². The van der Waals surface area contributed by atoms with Crippen LogP contribution in [-0.2, 0) is 0 Å². The van der Waals surface area contributed by atoms with Crippen LogP contribution in [0.15, 0.2) is 36.8 Å². The predicted octanol–water partition coefficient (Wildman–Crippen LogP) is 3.30. The van der Waals surface area contributed by atoms with Gasteiger partial charge in [-0.05, 0) is 56.6 Å². The summed E-state index contributed by atoms with van der Waals surface area (Å²) in [6.07, 6.45) is 8.05. The molecule has 1 aliphatic rings. The average molecular weight is 321 g/mol. The summed E-state index contributed by atoms with van der Waals surface area (Å²) in [5, 5.41) is 4.83. The van der Waals surface area contributed by atoms with Crippen molar-refractivity contribution in [1.82, 2.24) is 24.5 Å². The van der Waals surface area contributed by atoms with Crippen LogP contribution >= 0.6 is 0 Å². The van der Waals surface area contributed by atoms with Crippen molar-refractivity contribution in [2.45, 2.75) is 32.6 Å². The Labute approximate surface area is 142 Å². The molecule has 1 aliphatic heterocycles. The summed E-state index contributed by atoms with van der Waals surface area (Å²) < 4.78 is 2.06. The Hall–Kier alpha value is -2.27. The number of likely N-dealkylation sites (N-methyl/N-ethyl adjacent to an activating group) is 1. The molecule has 1 atom stereocenters. The third-order valence-electron chi connectivity index (χ3n) is 5.06. The highest BCUT2D eigenvalue weighted by atomic mass is 15.3. The lowest BCUT2D eigenvalue weighted by Crippen LogP contribution is -2.34. The van der Waals surface area contributed by atoms with E-state index < -0.39 is 0 Å². The number of aromatic nitrogens is 4.